The first-order chi connectivity index (χ1) is 14.5. The number of carbonyl (C=O) groups excluding carboxylic acids is 1. The normalized spacial score (nSPS) is 21.0. The van der Waals surface area contributed by atoms with Crippen LogP contribution in [-0.2, 0) is 9.59 Å². The van der Waals surface area contributed by atoms with Crippen LogP contribution in [0.25, 0.3) is 0 Å². The van der Waals surface area contributed by atoms with Crippen molar-refractivity contribution in [2.75, 3.05) is 27.9 Å². The second-order valence-corrected chi connectivity index (χ2v) is 8.22. The molecule has 2 fully saturated rings. The van der Waals surface area contributed by atoms with Crippen molar-refractivity contribution in [1.82, 2.24) is 4.90 Å². The molecular weight excluding hydrogens is 386 g/mol. The van der Waals surface area contributed by atoms with Crippen LogP contribution in [0, 0.1) is 5.92 Å². The maximum Gasteiger partial charge on any atom is 0.326 e. The van der Waals surface area contributed by atoms with Crippen molar-refractivity contribution in [3.8, 4) is 17.2 Å². The Morgan fingerprint density at radius 2 is 1.53 bits per heavy atom. The molecule has 1 heterocycles. The van der Waals surface area contributed by atoms with Gasteiger partial charge in [0.1, 0.15) is 6.04 Å². The van der Waals surface area contributed by atoms with Crippen LogP contribution in [0.5, 0.6) is 17.2 Å². The molecule has 0 bridgehead atoms. The van der Waals surface area contributed by atoms with Crippen LogP contribution in [0.2, 0.25) is 0 Å². The molecule has 2 atom stereocenters. The zero-order valence-electron chi connectivity index (χ0n) is 18.2. The van der Waals surface area contributed by atoms with Crippen LogP contribution in [-0.4, -0.2) is 55.8 Å². The lowest BCUT2D eigenvalue weighted by atomic mass is 9.75. The summed E-state index contributed by atoms with van der Waals surface area (Å²) in [7, 11) is 4.67. The fraction of sp³-hybridized carbons (Fsp3) is 0.652. The van der Waals surface area contributed by atoms with E-state index in [-0.39, 0.29) is 11.8 Å². The minimum Gasteiger partial charge on any atom is -0.493 e. The molecule has 1 aromatic rings. The summed E-state index contributed by atoms with van der Waals surface area (Å²) in [6.07, 6.45) is 7.43. The van der Waals surface area contributed by atoms with Crippen molar-refractivity contribution >= 4 is 11.9 Å². The standard InChI is InChI=1S/C23H33NO6/c1-28-18-13-16(14-19(29-2)21(18)30-3)20(15-9-5-4-6-10-15)22(25)24-12-8-7-11-17(24)23(26)27/h13-15,17,20H,4-12H2,1-3H3,(H,26,27)/t17?,20-/m0/s1. The van der Waals surface area contributed by atoms with Crippen LogP contribution in [0.1, 0.15) is 62.8 Å². The third kappa shape index (κ3) is 4.50. The Morgan fingerprint density at radius 1 is 0.933 bits per heavy atom. The number of hydrogen-bond donors (Lipinski definition) is 1. The number of ether oxygens (including phenoxy) is 3. The average Bonchev–Trinajstić information content (AvgIpc) is 2.79. The highest BCUT2D eigenvalue weighted by atomic mass is 16.5. The number of benzene rings is 1. The molecule has 1 amide bonds. The molecule has 0 spiro atoms. The van der Waals surface area contributed by atoms with E-state index in [1.807, 2.05) is 12.1 Å². The molecule has 1 unspecified atom stereocenters. The van der Waals surface area contributed by atoms with E-state index < -0.39 is 17.9 Å². The Labute approximate surface area is 178 Å². The van der Waals surface area contributed by atoms with Crippen molar-refractivity contribution < 1.29 is 28.9 Å². The Morgan fingerprint density at radius 3 is 2.07 bits per heavy atom. The van der Waals surface area contributed by atoms with E-state index in [2.05, 4.69) is 0 Å². The number of rotatable bonds is 7. The van der Waals surface area contributed by atoms with Gasteiger partial charge in [-0.25, -0.2) is 4.79 Å². The van der Waals surface area contributed by atoms with Crippen LogP contribution in [0.3, 0.4) is 0 Å². The van der Waals surface area contributed by atoms with Gasteiger partial charge in [-0.15, -0.1) is 0 Å². The Bertz CT molecular complexity index is 733. The summed E-state index contributed by atoms with van der Waals surface area (Å²) >= 11 is 0. The highest BCUT2D eigenvalue weighted by Crippen LogP contribution is 2.45. The number of likely N-dealkylation sites (tertiary alicyclic amines) is 1. The van der Waals surface area contributed by atoms with Crippen LogP contribution < -0.4 is 14.2 Å². The predicted octanol–water partition coefficient (Wildman–Crippen LogP) is 3.84. The van der Waals surface area contributed by atoms with E-state index in [0.29, 0.717) is 30.2 Å². The molecule has 1 saturated carbocycles. The molecule has 7 nitrogen and oxygen atoms in total. The number of aliphatic carboxylic acids is 1. The molecular formula is C23H33NO6. The van der Waals surface area contributed by atoms with Gasteiger partial charge in [0.15, 0.2) is 11.5 Å². The monoisotopic (exact) mass is 419 g/mol. The molecule has 1 N–H and O–H groups in total. The van der Waals surface area contributed by atoms with Crippen LogP contribution in [0.4, 0.5) is 0 Å². The van der Waals surface area contributed by atoms with Gasteiger partial charge in [0, 0.05) is 6.54 Å². The third-order valence-electron chi connectivity index (χ3n) is 6.50. The molecule has 3 rings (SSSR count). The van der Waals surface area contributed by atoms with Gasteiger partial charge in [0.25, 0.3) is 0 Å². The molecule has 1 aliphatic carbocycles. The number of carboxylic acid groups (broad SMARTS) is 1. The number of carbonyl (C=O) groups is 2. The van der Waals surface area contributed by atoms with Gasteiger partial charge in [0.2, 0.25) is 11.7 Å². The third-order valence-corrected chi connectivity index (χ3v) is 6.50. The minimum absolute atomic E-state index is 0.0942. The number of piperidine rings is 1. The topological polar surface area (TPSA) is 85.3 Å². The quantitative estimate of drug-likeness (QED) is 0.723. The van der Waals surface area contributed by atoms with Gasteiger partial charge in [-0.2, -0.15) is 0 Å². The summed E-state index contributed by atoms with van der Waals surface area (Å²) in [6.45, 7) is 0.490. The molecule has 0 radical (unpaired) electrons. The van der Waals surface area contributed by atoms with Crippen molar-refractivity contribution in [2.24, 2.45) is 5.92 Å². The zero-order chi connectivity index (χ0) is 21.7. The maximum atomic E-state index is 13.8. The molecule has 0 aromatic heterocycles. The van der Waals surface area contributed by atoms with Gasteiger partial charge in [-0.3, -0.25) is 4.79 Å². The largest absolute Gasteiger partial charge is 0.493 e. The van der Waals surface area contributed by atoms with Crippen molar-refractivity contribution in [2.45, 2.75) is 63.3 Å². The maximum absolute atomic E-state index is 13.8. The van der Waals surface area contributed by atoms with E-state index in [1.54, 1.807) is 26.2 Å². The van der Waals surface area contributed by atoms with Crippen molar-refractivity contribution in [3.05, 3.63) is 17.7 Å². The smallest absolute Gasteiger partial charge is 0.326 e. The Hall–Kier alpha value is -2.44. The molecule has 1 aromatic carbocycles. The molecule has 2 aliphatic rings. The molecule has 1 aliphatic heterocycles. The first kappa shape index (κ1) is 22.2. The summed E-state index contributed by atoms with van der Waals surface area (Å²) in [6, 6.07) is 2.94. The van der Waals surface area contributed by atoms with Gasteiger partial charge in [-0.1, -0.05) is 19.3 Å². The second kappa shape index (κ2) is 10.0. The van der Waals surface area contributed by atoms with Crippen molar-refractivity contribution in [3.63, 3.8) is 0 Å². The van der Waals surface area contributed by atoms with E-state index in [9.17, 15) is 14.7 Å². The van der Waals surface area contributed by atoms with Crippen molar-refractivity contribution in [1.29, 1.82) is 0 Å². The number of carboxylic acids is 1. The molecule has 166 valence electrons. The SMILES string of the molecule is COc1cc([C@@H](C(=O)N2CCCCC2C(=O)O)C2CCCCC2)cc(OC)c1OC. The lowest BCUT2D eigenvalue weighted by Crippen LogP contribution is -2.50. The summed E-state index contributed by atoms with van der Waals surface area (Å²) in [4.78, 5) is 27.2. The van der Waals surface area contributed by atoms with Gasteiger partial charge in [0.05, 0.1) is 27.2 Å². The number of nitrogens with zero attached hydrogens (tertiary/aromatic N) is 1. The summed E-state index contributed by atoms with van der Waals surface area (Å²) in [5.74, 6) is 0.241. The Balaban J connectivity index is 2.05. The number of hydrogen-bond acceptors (Lipinski definition) is 5. The first-order valence-corrected chi connectivity index (χ1v) is 10.8. The molecule has 1 saturated heterocycles. The fourth-order valence-electron chi connectivity index (χ4n) is 5.00. The van der Waals surface area contributed by atoms with E-state index >= 15 is 0 Å². The summed E-state index contributed by atoms with van der Waals surface area (Å²) in [5, 5.41) is 9.70. The lowest BCUT2D eigenvalue weighted by molar-refractivity contribution is -0.153. The average molecular weight is 420 g/mol. The highest BCUT2D eigenvalue weighted by molar-refractivity contribution is 5.89. The Kier molecular flexibility index (Phi) is 7.45. The molecule has 7 heteroatoms. The van der Waals surface area contributed by atoms with Gasteiger partial charge < -0.3 is 24.2 Å². The predicted molar refractivity (Wildman–Crippen MR) is 112 cm³/mol. The number of amides is 1. The van der Waals surface area contributed by atoms with Gasteiger partial charge >= 0.3 is 5.97 Å². The molecule has 30 heavy (non-hydrogen) atoms. The fourth-order valence-corrected chi connectivity index (χ4v) is 5.00. The second-order valence-electron chi connectivity index (χ2n) is 8.22. The first-order valence-electron chi connectivity index (χ1n) is 10.8. The van der Waals surface area contributed by atoms with Gasteiger partial charge in [-0.05, 0) is 55.7 Å². The van der Waals surface area contributed by atoms with Crippen LogP contribution >= 0.6 is 0 Å². The zero-order valence-corrected chi connectivity index (χ0v) is 18.2. The summed E-state index contributed by atoms with van der Waals surface area (Å²) < 4.78 is 16.5. The van der Waals surface area contributed by atoms with E-state index in [4.69, 9.17) is 14.2 Å². The van der Waals surface area contributed by atoms with Crippen LogP contribution in [0.15, 0.2) is 12.1 Å². The summed E-state index contributed by atoms with van der Waals surface area (Å²) in [5.41, 5.74) is 0.802. The van der Waals surface area contributed by atoms with E-state index in [1.165, 1.54) is 6.42 Å². The minimum atomic E-state index is -0.921. The lowest BCUT2D eigenvalue weighted by Gasteiger charge is -2.39. The highest BCUT2D eigenvalue weighted by Gasteiger charge is 2.40. The van der Waals surface area contributed by atoms with E-state index in [0.717, 1.165) is 44.1 Å². The number of methoxy groups -OCH3 is 3.